The van der Waals surface area contributed by atoms with Crippen LogP contribution in [-0.4, -0.2) is 49.6 Å². The van der Waals surface area contributed by atoms with Crippen LogP contribution in [0.5, 0.6) is 0 Å². The SMILES string of the molecule is CNC(=O)C1CN(C(C)C)CCN1.Cl.Cl. The minimum atomic E-state index is -0.0406. The normalized spacial score (nSPS) is 21.5. The Labute approximate surface area is 104 Å². The zero-order chi connectivity index (χ0) is 9.84. The van der Waals surface area contributed by atoms with Crippen molar-refractivity contribution in [2.75, 3.05) is 26.7 Å². The van der Waals surface area contributed by atoms with Crippen molar-refractivity contribution in [1.29, 1.82) is 0 Å². The van der Waals surface area contributed by atoms with Crippen LogP contribution in [0.25, 0.3) is 0 Å². The molecule has 0 spiro atoms. The molecular formula is C9H21Cl2N3O. The smallest absolute Gasteiger partial charge is 0.238 e. The number of piperazine rings is 1. The van der Waals surface area contributed by atoms with E-state index >= 15 is 0 Å². The number of hydrogen-bond acceptors (Lipinski definition) is 3. The zero-order valence-corrected chi connectivity index (χ0v) is 11.1. The largest absolute Gasteiger partial charge is 0.358 e. The molecule has 92 valence electrons. The lowest BCUT2D eigenvalue weighted by Gasteiger charge is -2.35. The molecule has 1 unspecified atom stereocenters. The van der Waals surface area contributed by atoms with E-state index in [0.29, 0.717) is 6.04 Å². The Morgan fingerprint density at radius 2 is 2.07 bits per heavy atom. The lowest BCUT2D eigenvalue weighted by molar-refractivity contribution is -0.123. The van der Waals surface area contributed by atoms with Gasteiger partial charge in [-0.3, -0.25) is 9.69 Å². The molecule has 2 N–H and O–H groups in total. The van der Waals surface area contributed by atoms with Gasteiger partial charge in [-0.2, -0.15) is 0 Å². The van der Waals surface area contributed by atoms with Gasteiger partial charge in [0.15, 0.2) is 0 Å². The van der Waals surface area contributed by atoms with E-state index in [2.05, 4.69) is 29.4 Å². The molecule has 0 aliphatic carbocycles. The summed E-state index contributed by atoms with van der Waals surface area (Å²) in [5, 5.41) is 5.87. The second-order valence-corrected chi connectivity index (χ2v) is 3.71. The summed E-state index contributed by atoms with van der Waals surface area (Å²) in [7, 11) is 1.68. The van der Waals surface area contributed by atoms with E-state index < -0.39 is 0 Å². The van der Waals surface area contributed by atoms with Gasteiger partial charge in [0.25, 0.3) is 0 Å². The third kappa shape index (κ3) is 5.02. The molecule has 1 heterocycles. The highest BCUT2D eigenvalue weighted by Gasteiger charge is 2.25. The van der Waals surface area contributed by atoms with Crippen molar-refractivity contribution in [2.24, 2.45) is 0 Å². The summed E-state index contributed by atoms with van der Waals surface area (Å²) < 4.78 is 0. The molecule has 15 heavy (non-hydrogen) atoms. The highest BCUT2D eigenvalue weighted by atomic mass is 35.5. The lowest BCUT2D eigenvalue weighted by Crippen LogP contribution is -2.58. The van der Waals surface area contributed by atoms with E-state index in [-0.39, 0.29) is 36.8 Å². The number of rotatable bonds is 2. The Hall–Kier alpha value is -0.0300. The highest BCUT2D eigenvalue weighted by molar-refractivity contribution is 5.85. The fourth-order valence-corrected chi connectivity index (χ4v) is 1.59. The quantitative estimate of drug-likeness (QED) is 0.746. The van der Waals surface area contributed by atoms with Crippen molar-refractivity contribution >= 4 is 30.7 Å². The summed E-state index contributed by atoms with van der Waals surface area (Å²) in [4.78, 5) is 13.7. The number of carbonyl (C=O) groups is 1. The Morgan fingerprint density at radius 1 is 1.47 bits per heavy atom. The molecule has 6 heteroatoms. The summed E-state index contributed by atoms with van der Waals surface area (Å²) in [6, 6.07) is 0.482. The molecule has 0 aromatic rings. The first-order valence-electron chi connectivity index (χ1n) is 4.84. The van der Waals surface area contributed by atoms with Gasteiger partial charge >= 0.3 is 0 Å². The van der Waals surface area contributed by atoms with Crippen molar-refractivity contribution in [1.82, 2.24) is 15.5 Å². The van der Waals surface area contributed by atoms with E-state index in [4.69, 9.17) is 0 Å². The molecule has 1 amide bonds. The first-order chi connectivity index (χ1) is 6.15. The number of carbonyl (C=O) groups excluding carboxylic acids is 1. The molecule has 1 aliphatic heterocycles. The van der Waals surface area contributed by atoms with Gasteiger partial charge in [0.2, 0.25) is 5.91 Å². The van der Waals surface area contributed by atoms with E-state index in [1.165, 1.54) is 0 Å². The standard InChI is InChI=1S/C9H19N3O.2ClH/c1-7(2)12-5-4-11-8(6-12)9(13)10-3;;/h7-8,11H,4-6H2,1-3H3,(H,10,13);2*1H. The van der Waals surface area contributed by atoms with Crippen molar-refractivity contribution in [3.05, 3.63) is 0 Å². The first kappa shape index (κ1) is 17.4. The molecule has 0 bridgehead atoms. The van der Waals surface area contributed by atoms with Gasteiger partial charge < -0.3 is 10.6 Å². The molecule has 1 atom stereocenters. The average Bonchev–Trinajstić information content (AvgIpc) is 2.17. The van der Waals surface area contributed by atoms with Crippen LogP contribution >= 0.6 is 24.8 Å². The Kier molecular flexibility index (Phi) is 9.45. The zero-order valence-electron chi connectivity index (χ0n) is 9.45. The van der Waals surface area contributed by atoms with Gasteiger partial charge in [0, 0.05) is 32.7 Å². The number of likely N-dealkylation sites (N-methyl/N-ethyl adjacent to an activating group) is 1. The highest BCUT2D eigenvalue weighted by Crippen LogP contribution is 2.03. The molecule has 1 saturated heterocycles. The number of amides is 1. The van der Waals surface area contributed by atoms with Gasteiger partial charge in [0.05, 0.1) is 6.04 Å². The summed E-state index contributed by atoms with van der Waals surface area (Å²) in [6.45, 7) is 7.07. The second-order valence-electron chi connectivity index (χ2n) is 3.71. The summed E-state index contributed by atoms with van der Waals surface area (Å²) in [5.41, 5.74) is 0. The maximum atomic E-state index is 11.3. The lowest BCUT2D eigenvalue weighted by atomic mass is 10.1. The van der Waals surface area contributed by atoms with Crippen LogP contribution in [0, 0.1) is 0 Å². The topological polar surface area (TPSA) is 44.4 Å². The third-order valence-electron chi connectivity index (χ3n) is 2.50. The fourth-order valence-electron chi connectivity index (χ4n) is 1.59. The summed E-state index contributed by atoms with van der Waals surface area (Å²) >= 11 is 0. The maximum absolute atomic E-state index is 11.3. The van der Waals surface area contributed by atoms with Crippen LogP contribution in [0.1, 0.15) is 13.8 Å². The maximum Gasteiger partial charge on any atom is 0.238 e. The average molecular weight is 258 g/mol. The summed E-state index contributed by atoms with van der Waals surface area (Å²) in [5.74, 6) is 0.0883. The van der Waals surface area contributed by atoms with Gasteiger partial charge in [-0.15, -0.1) is 24.8 Å². The van der Waals surface area contributed by atoms with E-state index in [0.717, 1.165) is 19.6 Å². The molecule has 4 nitrogen and oxygen atoms in total. The summed E-state index contributed by atoms with van der Waals surface area (Å²) in [6.07, 6.45) is 0. The third-order valence-corrected chi connectivity index (χ3v) is 2.50. The fraction of sp³-hybridized carbons (Fsp3) is 0.889. The molecule has 0 radical (unpaired) electrons. The van der Waals surface area contributed by atoms with Gasteiger partial charge in [-0.1, -0.05) is 0 Å². The second kappa shape index (κ2) is 8.16. The van der Waals surface area contributed by atoms with Crippen LogP contribution in [-0.2, 0) is 4.79 Å². The van der Waals surface area contributed by atoms with Crippen LogP contribution in [0.2, 0.25) is 0 Å². The van der Waals surface area contributed by atoms with Crippen LogP contribution < -0.4 is 10.6 Å². The molecule has 1 rings (SSSR count). The number of nitrogens with zero attached hydrogens (tertiary/aromatic N) is 1. The van der Waals surface area contributed by atoms with E-state index in [1.807, 2.05) is 0 Å². The predicted octanol–water partition coefficient (Wildman–Crippen LogP) is 0.258. The first-order valence-corrected chi connectivity index (χ1v) is 4.84. The van der Waals surface area contributed by atoms with Crippen molar-refractivity contribution < 1.29 is 4.79 Å². The van der Waals surface area contributed by atoms with Crippen LogP contribution in [0.4, 0.5) is 0 Å². The number of hydrogen-bond donors (Lipinski definition) is 2. The predicted molar refractivity (Wildman–Crippen MR) is 67.1 cm³/mol. The molecule has 0 saturated carbocycles. The molecular weight excluding hydrogens is 237 g/mol. The molecule has 1 fully saturated rings. The monoisotopic (exact) mass is 257 g/mol. The minimum absolute atomic E-state index is 0. The Bertz CT molecular complexity index is 190. The van der Waals surface area contributed by atoms with Crippen LogP contribution in [0.15, 0.2) is 0 Å². The van der Waals surface area contributed by atoms with Crippen molar-refractivity contribution in [2.45, 2.75) is 25.9 Å². The van der Waals surface area contributed by atoms with Crippen molar-refractivity contribution in [3.63, 3.8) is 0 Å². The Balaban J connectivity index is 0. The number of nitrogens with one attached hydrogen (secondary N) is 2. The minimum Gasteiger partial charge on any atom is -0.358 e. The molecule has 0 aromatic carbocycles. The van der Waals surface area contributed by atoms with E-state index in [1.54, 1.807) is 7.05 Å². The van der Waals surface area contributed by atoms with Crippen LogP contribution in [0.3, 0.4) is 0 Å². The van der Waals surface area contributed by atoms with E-state index in [9.17, 15) is 4.79 Å². The Morgan fingerprint density at radius 3 is 2.53 bits per heavy atom. The van der Waals surface area contributed by atoms with Gasteiger partial charge in [0.1, 0.15) is 0 Å². The van der Waals surface area contributed by atoms with Crippen molar-refractivity contribution in [3.8, 4) is 0 Å². The van der Waals surface area contributed by atoms with Gasteiger partial charge in [-0.25, -0.2) is 0 Å². The van der Waals surface area contributed by atoms with Gasteiger partial charge in [-0.05, 0) is 13.8 Å². The number of halogens is 2. The molecule has 0 aromatic heterocycles. The molecule has 1 aliphatic rings.